The maximum atomic E-state index is 12.7. The summed E-state index contributed by atoms with van der Waals surface area (Å²) >= 11 is 0. The standard InChI is InChI=1S/C18H13F3N2O2/c19-18(20,21)14-6-8-16(9-7-14)25-23(15-4-2-1-3-5-15)17(24)13-10-11-22-12-13/h1-12,22H. The van der Waals surface area contributed by atoms with Gasteiger partial charge in [0, 0.05) is 12.4 Å². The Hall–Kier alpha value is -3.22. The van der Waals surface area contributed by atoms with Crippen LogP contribution < -0.4 is 9.90 Å². The van der Waals surface area contributed by atoms with E-state index in [9.17, 15) is 18.0 Å². The maximum Gasteiger partial charge on any atom is 0.416 e. The summed E-state index contributed by atoms with van der Waals surface area (Å²) in [5.41, 5.74) is 0.0208. The monoisotopic (exact) mass is 346 g/mol. The lowest BCUT2D eigenvalue weighted by molar-refractivity contribution is -0.137. The number of nitrogens with zero attached hydrogens (tertiary/aromatic N) is 1. The molecule has 0 bridgehead atoms. The molecule has 0 aliphatic carbocycles. The smallest absolute Gasteiger partial charge is 0.372 e. The summed E-state index contributed by atoms with van der Waals surface area (Å²) < 4.78 is 38.0. The molecule has 1 aromatic heterocycles. The number of alkyl halides is 3. The second kappa shape index (κ2) is 6.72. The Balaban J connectivity index is 1.89. The zero-order valence-corrected chi connectivity index (χ0v) is 12.8. The van der Waals surface area contributed by atoms with Crippen LogP contribution in [0.2, 0.25) is 0 Å². The summed E-state index contributed by atoms with van der Waals surface area (Å²) in [6, 6.07) is 14.3. The van der Waals surface area contributed by atoms with Gasteiger partial charge in [0.2, 0.25) is 0 Å². The summed E-state index contributed by atoms with van der Waals surface area (Å²) in [5, 5.41) is 1.03. The van der Waals surface area contributed by atoms with Crippen LogP contribution in [0.4, 0.5) is 18.9 Å². The van der Waals surface area contributed by atoms with Crippen molar-refractivity contribution in [2.24, 2.45) is 0 Å². The van der Waals surface area contributed by atoms with Crippen LogP contribution in [0.5, 0.6) is 5.75 Å². The number of hydrogen-bond acceptors (Lipinski definition) is 2. The number of H-pyrrole nitrogens is 1. The first-order chi connectivity index (χ1) is 11.9. The highest BCUT2D eigenvalue weighted by Crippen LogP contribution is 2.31. The van der Waals surface area contributed by atoms with Gasteiger partial charge in [0.1, 0.15) is 0 Å². The lowest BCUT2D eigenvalue weighted by Crippen LogP contribution is -2.34. The molecule has 2 aromatic carbocycles. The average molecular weight is 346 g/mol. The number of rotatable bonds is 4. The molecule has 4 nitrogen and oxygen atoms in total. The molecule has 0 saturated carbocycles. The largest absolute Gasteiger partial charge is 0.416 e. The maximum absolute atomic E-state index is 12.7. The first-order valence-electron chi connectivity index (χ1n) is 7.33. The third-order valence-corrected chi connectivity index (χ3v) is 3.40. The Morgan fingerprint density at radius 2 is 1.64 bits per heavy atom. The molecule has 1 amide bonds. The lowest BCUT2D eigenvalue weighted by Gasteiger charge is -2.22. The molecule has 0 atom stereocenters. The Kier molecular flexibility index (Phi) is 4.47. The highest BCUT2D eigenvalue weighted by Gasteiger charge is 2.30. The Morgan fingerprint density at radius 1 is 0.960 bits per heavy atom. The lowest BCUT2D eigenvalue weighted by atomic mass is 10.2. The summed E-state index contributed by atoms with van der Waals surface area (Å²) in [5.74, 6) is -0.340. The second-order valence-electron chi connectivity index (χ2n) is 5.15. The number of carbonyl (C=O) groups is 1. The molecule has 0 unspecified atom stereocenters. The van der Waals surface area contributed by atoms with Crippen LogP contribution in [0, 0.1) is 0 Å². The van der Waals surface area contributed by atoms with Crippen molar-refractivity contribution in [2.75, 3.05) is 5.06 Å². The van der Waals surface area contributed by atoms with Gasteiger partial charge in [0.15, 0.2) is 5.75 Å². The summed E-state index contributed by atoms with van der Waals surface area (Å²) in [7, 11) is 0. The van der Waals surface area contributed by atoms with E-state index in [1.807, 2.05) is 0 Å². The quantitative estimate of drug-likeness (QED) is 0.698. The summed E-state index contributed by atoms with van der Waals surface area (Å²) in [4.78, 5) is 21.0. The number of halogens is 3. The topological polar surface area (TPSA) is 45.3 Å². The van der Waals surface area contributed by atoms with Gasteiger partial charge in [-0.1, -0.05) is 18.2 Å². The van der Waals surface area contributed by atoms with Crippen molar-refractivity contribution in [1.82, 2.24) is 4.98 Å². The van der Waals surface area contributed by atoms with Gasteiger partial charge in [-0.15, -0.1) is 5.06 Å². The highest BCUT2D eigenvalue weighted by molar-refractivity contribution is 6.04. The number of anilines is 1. The Labute approximate surface area is 141 Å². The third-order valence-electron chi connectivity index (χ3n) is 3.40. The zero-order valence-electron chi connectivity index (χ0n) is 12.8. The van der Waals surface area contributed by atoms with E-state index >= 15 is 0 Å². The van der Waals surface area contributed by atoms with Crippen molar-refractivity contribution >= 4 is 11.6 Å². The fourth-order valence-electron chi connectivity index (χ4n) is 2.16. The molecule has 3 rings (SSSR count). The van der Waals surface area contributed by atoms with Gasteiger partial charge in [-0.3, -0.25) is 4.79 Å². The number of carbonyl (C=O) groups excluding carboxylic acids is 1. The van der Waals surface area contributed by atoms with Crippen LogP contribution in [0.1, 0.15) is 15.9 Å². The van der Waals surface area contributed by atoms with Crippen LogP contribution in [-0.2, 0) is 6.18 Å². The molecule has 0 saturated heterocycles. The van der Waals surface area contributed by atoms with Crippen molar-refractivity contribution < 1.29 is 22.8 Å². The molecule has 1 N–H and O–H groups in total. The SMILES string of the molecule is O=C(c1cc[nH]c1)N(Oc1ccc(C(F)(F)F)cc1)c1ccccc1. The highest BCUT2D eigenvalue weighted by atomic mass is 19.4. The van der Waals surface area contributed by atoms with E-state index in [1.54, 1.807) is 42.6 Å². The van der Waals surface area contributed by atoms with E-state index < -0.39 is 17.6 Å². The molecular formula is C18H13F3N2O2. The third kappa shape index (κ3) is 3.82. The Morgan fingerprint density at radius 3 is 2.20 bits per heavy atom. The van der Waals surface area contributed by atoms with Crippen molar-refractivity contribution in [2.45, 2.75) is 6.18 Å². The number of hydroxylamine groups is 1. The predicted molar refractivity (Wildman–Crippen MR) is 86.1 cm³/mol. The molecule has 0 aliphatic heterocycles. The van der Waals surface area contributed by atoms with Crippen LogP contribution in [0.25, 0.3) is 0 Å². The van der Waals surface area contributed by atoms with E-state index in [4.69, 9.17) is 4.84 Å². The van der Waals surface area contributed by atoms with E-state index in [1.165, 1.54) is 18.3 Å². The first kappa shape index (κ1) is 16.6. The van der Waals surface area contributed by atoms with Crippen LogP contribution in [-0.4, -0.2) is 10.9 Å². The molecule has 3 aromatic rings. The van der Waals surface area contributed by atoms with Crippen LogP contribution in [0.15, 0.2) is 73.1 Å². The predicted octanol–water partition coefficient (Wildman–Crippen LogP) is 4.67. The van der Waals surface area contributed by atoms with Gasteiger partial charge in [0.05, 0.1) is 16.8 Å². The van der Waals surface area contributed by atoms with Gasteiger partial charge in [-0.2, -0.15) is 13.2 Å². The van der Waals surface area contributed by atoms with Crippen molar-refractivity contribution in [3.05, 3.63) is 84.2 Å². The summed E-state index contributed by atoms with van der Waals surface area (Å²) in [6.07, 6.45) is -1.33. The van der Waals surface area contributed by atoms with Crippen molar-refractivity contribution in [3.63, 3.8) is 0 Å². The van der Waals surface area contributed by atoms with E-state index in [2.05, 4.69) is 4.98 Å². The molecule has 0 aliphatic rings. The normalized spacial score (nSPS) is 11.2. The average Bonchev–Trinajstić information content (AvgIpc) is 3.14. The molecule has 0 fully saturated rings. The number of amides is 1. The second-order valence-corrected chi connectivity index (χ2v) is 5.15. The molecule has 0 spiro atoms. The molecule has 1 heterocycles. The van der Waals surface area contributed by atoms with E-state index in [-0.39, 0.29) is 5.75 Å². The minimum absolute atomic E-state index is 0.112. The van der Waals surface area contributed by atoms with Crippen LogP contribution in [0.3, 0.4) is 0 Å². The molecule has 128 valence electrons. The Bertz CT molecular complexity index is 829. The van der Waals surface area contributed by atoms with Gasteiger partial charge in [-0.25, -0.2) is 0 Å². The molecule has 7 heteroatoms. The summed E-state index contributed by atoms with van der Waals surface area (Å²) in [6.45, 7) is 0. The van der Waals surface area contributed by atoms with Gasteiger partial charge < -0.3 is 9.82 Å². The minimum Gasteiger partial charge on any atom is -0.372 e. The van der Waals surface area contributed by atoms with Gasteiger partial charge in [-0.05, 0) is 42.5 Å². The fraction of sp³-hybridized carbons (Fsp3) is 0.0556. The number of para-hydroxylation sites is 1. The number of hydrogen-bond donors (Lipinski definition) is 1. The van der Waals surface area contributed by atoms with Gasteiger partial charge in [0.25, 0.3) is 5.91 Å². The molecule has 25 heavy (non-hydrogen) atoms. The van der Waals surface area contributed by atoms with E-state index in [0.29, 0.717) is 11.3 Å². The molecule has 0 radical (unpaired) electrons. The zero-order chi connectivity index (χ0) is 17.9. The number of nitrogens with one attached hydrogen (secondary N) is 1. The van der Waals surface area contributed by atoms with Crippen LogP contribution >= 0.6 is 0 Å². The number of aromatic amines is 1. The molecular weight excluding hydrogens is 333 g/mol. The van der Waals surface area contributed by atoms with E-state index in [0.717, 1.165) is 17.2 Å². The van der Waals surface area contributed by atoms with Crippen molar-refractivity contribution in [1.29, 1.82) is 0 Å². The minimum atomic E-state index is -4.43. The number of benzene rings is 2. The van der Waals surface area contributed by atoms with Crippen molar-refractivity contribution in [3.8, 4) is 5.75 Å². The van der Waals surface area contributed by atoms with Gasteiger partial charge >= 0.3 is 6.18 Å². The first-order valence-corrected chi connectivity index (χ1v) is 7.33. The fourth-order valence-corrected chi connectivity index (χ4v) is 2.16. The number of aromatic nitrogens is 1.